The van der Waals surface area contributed by atoms with Crippen LogP contribution in [0.1, 0.15) is 5.56 Å². The molecule has 0 bridgehead atoms. The minimum atomic E-state index is -0.968. The van der Waals surface area contributed by atoms with E-state index in [-0.39, 0.29) is 0 Å². The van der Waals surface area contributed by atoms with Crippen molar-refractivity contribution in [3.63, 3.8) is 0 Å². The van der Waals surface area contributed by atoms with Gasteiger partial charge >= 0.3 is 6.09 Å². The third-order valence-electron chi connectivity index (χ3n) is 1.89. The summed E-state index contributed by atoms with van der Waals surface area (Å²) in [6.45, 7) is 0.374. The summed E-state index contributed by atoms with van der Waals surface area (Å²) in [6, 6.07) is 3.63. The maximum Gasteiger partial charge on any atom is 0.413 e. The number of pyridine rings is 1. The first-order chi connectivity index (χ1) is 6.29. The molecule has 0 unspecified atom stereocenters. The minimum absolute atomic E-state index is 0.374. The molecule has 0 aromatic carbocycles. The topological polar surface area (TPSA) is 53.4 Å². The lowest BCUT2D eigenvalue weighted by molar-refractivity contribution is 0.202. The van der Waals surface area contributed by atoms with Crippen LogP contribution in [0.25, 0.3) is 6.08 Å². The zero-order chi connectivity index (χ0) is 9.26. The first-order valence-electron chi connectivity index (χ1n) is 3.91. The van der Waals surface area contributed by atoms with Gasteiger partial charge in [-0.3, -0.25) is 4.90 Å². The van der Waals surface area contributed by atoms with Gasteiger partial charge in [-0.1, -0.05) is 12.2 Å². The molecule has 0 saturated carbocycles. The molecule has 2 heterocycles. The Morgan fingerprint density at radius 1 is 1.62 bits per heavy atom. The van der Waals surface area contributed by atoms with Crippen LogP contribution in [0.5, 0.6) is 0 Å². The second-order valence-electron chi connectivity index (χ2n) is 2.71. The largest absolute Gasteiger partial charge is 0.465 e. The lowest BCUT2D eigenvalue weighted by atomic mass is 10.2. The van der Waals surface area contributed by atoms with E-state index in [1.165, 1.54) is 4.90 Å². The number of hydrogen-bond donors (Lipinski definition) is 1. The van der Waals surface area contributed by atoms with Crippen LogP contribution in [0.3, 0.4) is 0 Å². The van der Waals surface area contributed by atoms with E-state index < -0.39 is 6.09 Å². The molecule has 66 valence electrons. The summed E-state index contributed by atoms with van der Waals surface area (Å²) in [6.07, 6.45) is 4.30. The van der Waals surface area contributed by atoms with E-state index in [9.17, 15) is 4.79 Å². The fraction of sp³-hybridized carbons (Fsp3) is 0.111. The third-order valence-corrected chi connectivity index (χ3v) is 1.89. The van der Waals surface area contributed by atoms with E-state index in [0.717, 1.165) is 5.56 Å². The van der Waals surface area contributed by atoms with Gasteiger partial charge in [0.2, 0.25) is 0 Å². The number of carboxylic acid groups (broad SMARTS) is 1. The molecular weight excluding hydrogens is 168 g/mol. The van der Waals surface area contributed by atoms with Crippen molar-refractivity contribution in [2.75, 3.05) is 11.4 Å². The maximum absolute atomic E-state index is 10.8. The third kappa shape index (κ3) is 1.26. The van der Waals surface area contributed by atoms with Gasteiger partial charge in [-0.2, -0.15) is 0 Å². The second-order valence-corrected chi connectivity index (χ2v) is 2.71. The van der Waals surface area contributed by atoms with Crippen LogP contribution >= 0.6 is 0 Å². The molecule has 0 radical (unpaired) electrons. The summed E-state index contributed by atoms with van der Waals surface area (Å²) < 4.78 is 0. The molecule has 0 aliphatic carbocycles. The van der Waals surface area contributed by atoms with Gasteiger partial charge in [-0.25, -0.2) is 9.78 Å². The van der Waals surface area contributed by atoms with Crippen LogP contribution in [0, 0.1) is 0 Å². The molecule has 1 amide bonds. The van der Waals surface area contributed by atoms with Gasteiger partial charge < -0.3 is 5.11 Å². The van der Waals surface area contributed by atoms with Crippen molar-refractivity contribution in [2.24, 2.45) is 0 Å². The smallest absolute Gasteiger partial charge is 0.413 e. The van der Waals surface area contributed by atoms with E-state index in [2.05, 4.69) is 4.98 Å². The average Bonchev–Trinajstić information content (AvgIpc) is 2.17. The zero-order valence-electron chi connectivity index (χ0n) is 6.84. The van der Waals surface area contributed by atoms with Crippen molar-refractivity contribution in [1.82, 2.24) is 4.98 Å². The molecule has 0 spiro atoms. The van der Waals surface area contributed by atoms with Gasteiger partial charge in [0.25, 0.3) is 0 Å². The van der Waals surface area contributed by atoms with Crippen LogP contribution in [0.4, 0.5) is 10.6 Å². The molecule has 1 N–H and O–H groups in total. The van der Waals surface area contributed by atoms with Crippen molar-refractivity contribution in [3.8, 4) is 0 Å². The lowest BCUT2D eigenvalue weighted by Gasteiger charge is -2.21. The highest BCUT2D eigenvalue weighted by molar-refractivity contribution is 5.89. The monoisotopic (exact) mass is 176 g/mol. The highest BCUT2D eigenvalue weighted by atomic mass is 16.4. The molecule has 1 aliphatic heterocycles. The van der Waals surface area contributed by atoms with Crippen molar-refractivity contribution < 1.29 is 9.90 Å². The Morgan fingerprint density at radius 3 is 3.23 bits per heavy atom. The second kappa shape index (κ2) is 2.90. The Balaban J connectivity index is 2.49. The molecule has 13 heavy (non-hydrogen) atoms. The lowest BCUT2D eigenvalue weighted by Crippen LogP contribution is -2.32. The normalized spacial score (nSPS) is 14.0. The highest BCUT2D eigenvalue weighted by Crippen LogP contribution is 2.22. The van der Waals surface area contributed by atoms with Gasteiger partial charge in [-0.05, 0) is 12.1 Å². The fourth-order valence-electron chi connectivity index (χ4n) is 1.31. The molecule has 0 fully saturated rings. The van der Waals surface area contributed by atoms with E-state index >= 15 is 0 Å². The molecule has 4 heteroatoms. The minimum Gasteiger partial charge on any atom is -0.465 e. The number of hydrogen-bond acceptors (Lipinski definition) is 2. The van der Waals surface area contributed by atoms with Gasteiger partial charge in [0.15, 0.2) is 0 Å². The summed E-state index contributed by atoms with van der Waals surface area (Å²) in [5.41, 5.74) is 0.844. The Labute approximate surface area is 75.1 Å². The van der Waals surface area contributed by atoms with Crippen molar-refractivity contribution >= 4 is 18.0 Å². The zero-order valence-corrected chi connectivity index (χ0v) is 6.84. The molecule has 1 aromatic heterocycles. The van der Waals surface area contributed by atoms with Crippen LogP contribution in [0.2, 0.25) is 0 Å². The molecule has 1 aromatic rings. The molecule has 4 nitrogen and oxygen atoms in total. The maximum atomic E-state index is 10.8. The van der Waals surface area contributed by atoms with E-state index in [4.69, 9.17) is 5.11 Å². The Bertz CT molecular complexity index is 374. The molecule has 0 atom stereocenters. The predicted molar refractivity (Wildman–Crippen MR) is 48.6 cm³/mol. The molecule has 2 rings (SSSR count). The van der Waals surface area contributed by atoms with Gasteiger partial charge in [-0.15, -0.1) is 0 Å². The van der Waals surface area contributed by atoms with Gasteiger partial charge in [0.05, 0.1) is 0 Å². The van der Waals surface area contributed by atoms with Gasteiger partial charge in [0, 0.05) is 18.3 Å². The SMILES string of the molecule is O=C(O)N1CC=Cc2cccnc21. The first kappa shape index (κ1) is 7.79. The summed E-state index contributed by atoms with van der Waals surface area (Å²) in [5, 5.41) is 8.84. The Kier molecular flexibility index (Phi) is 1.73. The number of nitrogens with zero attached hydrogens (tertiary/aromatic N) is 2. The summed E-state index contributed by atoms with van der Waals surface area (Å²) >= 11 is 0. The number of anilines is 1. The highest BCUT2D eigenvalue weighted by Gasteiger charge is 2.19. The molecule has 1 aliphatic rings. The Morgan fingerprint density at radius 2 is 2.46 bits per heavy atom. The van der Waals surface area contributed by atoms with E-state index in [0.29, 0.717) is 12.4 Å². The van der Waals surface area contributed by atoms with Crippen LogP contribution in [-0.2, 0) is 0 Å². The number of fused-ring (bicyclic) bond motifs is 1. The average molecular weight is 176 g/mol. The molecular formula is C9H8N2O2. The summed E-state index contributed by atoms with van der Waals surface area (Å²) in [4.78, 5) is 16.0. The molecule has 0 saturated heterocycles. The predicted octanol–water partition coefficient (Wildman–Crippen LogP) is 1.59. The van der Waals surface area contributed by atoms with Crippen LogP contribution in [0.15, 0.2) is 24.4 Å². The van der Waals surface area contributed by atoms with Gasteiger partial charge in [0.1, 0.15) is 5.82 Å². The summed E-state index contributed by atoms with van der Waals surface area (Å²) in [5.74, 6) is 0.512. The van der Waals surface area contributed by atoms with Crippen LogP contribution in [-0.4, -0.2) is 22.7 Å². The van der Waals surface area contributed by atoms with Crippen molar-refractivity contribution in [2.45, 2.75) is 0 Å². The first-order valence-corrected chi connectivity index (χ1v) is 3.91. The van der Waals surface area contributed by atoms with Crippen molar-refractivity contribution in [3.05, 3.63) is 30.0 Å². The van der Waals surface area contributed by atoms with Crippen molar-refractivity contribution in [1.29, 1.82) is 0 Å². The number of aromatic nitrogens is 1. The van der Waals surface area contributed by atoms with Crippen LogP contribution < -0.4 is 4.90 Å². The van der Waals surface area contributed by atoms with E-state index in [1.807, 2.05) is 12.1 Å². The number of carbonyl (C=O) groups is 1. The number of amides is 1. The Hall–Kier alpha value is -1.84. The van der Waals surface area contributed by atoms with E-state index in [1.54, 1.807) is 18.3 Å². The standard InChI is InChI=1S/C9H8N2O2/c12-9(13)11-6-2-4-7-3-1-5-10-8(7)11/h1-5H,6H2,(H,12,13). The fourth-order valence-corrected chi connectivity index (χ4v) is 1.31. The summed E-state index contributed by atoms with van der Waals surface area (Å²) in [7, 11) is 0. The quantitative estimate of drug-likeness (QED) is 0.653. The number of rotatable bonds is 0.